The van der Waals surface area contributed by atoms with E-state index in [1.54, 1.807) is 16.9 Å². The van der Waals surface area contributed by atoms with E-state index in [0.29, 0.717) is 23.2 Å². The normalized spacial score (nSPS) is 24.9. The zero-order chi connectivity index (χ0) is 14.4. The molecular weight excluding hydrogens is 280 g/mol. The number of aldehydes is 1. The minimum absolute atomic E-state index is 0.0464. The molecule has 0 aliphatic carbocycles. The predicted molar refractivity (Wildman–Crippen MR) is 72.2 cm³/mol. The Morgan fingerprint density at radius 2 is 2.30 bits per heavy atom. The monoisotopic (exact) mass is 294 g/mol. The number of sulfone groups is 1. The van der Waals surface area contributed by atoms with Crippen molar-refractivity contribution in [2.45, 2.75) is 18.9 Å². The Bertz CT molecular complexity index is 745. The first-order chi connectivity index (χ1) is 9.43. The van der Waals surface area contributed by atoms with Crippen LogP contribution < -0.4 is 0 Å². The third kappa shape index (κ3) is 2.07. The minimum atomic E-state index is -3.03. The van der Waals surface area contributed by atoms with Crippen LogP contribution in [0.5, 0.6) is 0 Å². The molecule has 0 bridgehead atoms. The van der Waals surface area contributed by atoms with Gasteiger partial charge in [0.15, 0.2) is 16.1 Å². The molecule has 106 valence electrons. The molecule has 1 unspecified atom stereocenters. The number of furan rings is 1. The highest BCUT2D eigenvalue weighted by Crippen LogP contribution is 2.32. The van der Waals surface area contributed by atoms with Crippen molar-refractivity contribution in [2.24, 2.45) is 0 Å². The van der Waals surface area contributed by atoms with E-state index in [1.807, 2.05) is 6.92 Å². The topological polar surface area (TPSA) is 82.2 Å². The van der Waals surface area contributed by atoms with Crippen molar-refractivity contribution < 1.29 is 17.6 Å². The highest BCUT2D eigenvalue weighted by Gasteiger charge is 2.41. The number of hydrogen-bond donors (Lipinski definition) is 0. The summed E-state index contributed by atoms with van der Waals surface area (Å²) in [7, 11) is -3.03. The second kappa shape index (κ2) is 4.31. The fraction of sp³-hybridized carbons (Fsp3) is 0.385. The minimum Gasteiger partial charge on any atom is -0.472 e. The second-order valence-electron chi connectivity index (χ2n) is 5.35. The lowest BCUT2D eigenvalue weighted by Gasteiger charge is -2.22. The average Bonchev–Trinajstić information content (AvgIpc) is 3.07. The summed E-state index contributed by atoms with van der Waals surface area (Å²) in [6.07, 6.45) is 5.84. The van der Waals surface area contributed by atoms with Crippen LogP contribution in [-0.4, -0.2) is 36.0 Å². The summed E-state index contributed by atoms with van der Waals surface area (Å²) < 4.78 is 30.0. The lowest BCUT2D eigenvalue weighted by Crippen LogP contribution is -2.31. The van der Waals surface area contributed by atoms with E-state index in [4.69, 9.17) is 4.42 Å². The number of hydrogen-bond acceptors (Lipinski definition) is 5. The van der Waals surface area contributed by atoms with Crippen molar-refractivity contribution in [3.63, 3.8) is 0 Å². The molecule has 2 aromatic rings. The Balaban J connectivity index is 2.06. The van der Waals surface area contributed by atoms with Crippen LogP contribution in [-0.2, 0) is 15.4 Å². The smallest absolute Gasteiger partial charge is 0.153 e. The number of carbonyl (C=O) groups is 1. The maximum atomic E-state index is 11.7. The third-order valence-corrected chi connectivity index (χ3v) is 5.59. The molecule has 1 fully saturated rings. The number of carbonyl (C=O) groups excluding carboxylic acids is 1. The van der Waals surface area contributed by atoms with E-state index < -0.39 is 15.4 Å². The molecule has 1 atom stereocenters. The van der Waals surface area contributed by atoms with Gasteiger partial charge in [-0.25, -0.2) is 8.42 Å². The zero-order valence-corrected chi connectivity index (χ0v) is 11.8. The summed E-state index contributed by atoms with van der Waals surface area (Å²) in [5.41, 5.74) is 1.05. The van der Waals surface area contributed by atoms with Crippen molar-refractivity contribution in [3.05, 3.63) is 30.4 Å². The summed E-state index contributed by atoms with van der Waals surface area (Å²) in [4.78, 5) is 11.2. The molecule has 0 saturated carbocycles. The quantitative estimate of drug-likeness (QED) is 0.801. The molecular formula is C13H14N2O4S. The third-order valence-electron chi connectivity index (χ3n) is 3.70. The average molecular weight is 294 g/mol. The summed E-state index contributed by atoms with van der Waals surface area (Å²) in [6, 6.07) is 1.72. The van der Waals surface area contributed by atoms with Crippen LogP contribution in [0.1, 0.15) is 23.7 Å². The Morgan fingerprint density at radius 1 is 1.50 bits per heavy atom. The fourth-order valence-corrected chi connectivity index (χ4v) is 4.67. The standard InChI is InChI=1S/C13H14N2O4S/c1-13(3-5-20(17,18)9-13)15-6-11(7-16)12(14-15)10-2-4-19-8-10/h2,4,6-8H,3,5,9H2,1H3. The first-order valence-electron chi connectivity index (χ1n) is 6.22. The molecule has 0 spiro atoms. The van der Waals surface area contributed by atoms with E-state index in [-0.39, 0.29) is 11.5 Å². The number of nitrogens with zero attached hydrogens (tertiary/aromatic N) is 2. The maximum absolute atomic E-state index is 11.7. The zero-order valence-electron chi connectivity index (χ0n) is 10.9. The van der Waals surface area contributed by atoms with Gasteiger partial charge >= 0.3 is 0 Å². The Kier molecular flexibility index (Phi) is 2.82. The largest absolute Gasteiger partial charge is 0.472 e. The van der Waals surface area contributed by atoms with Gasteiger partial charge in [0.1, 0.15) is 5.69 Å². The first-order valence-corrected chi connectivity index (χ1v) is 8.04. The van der Waals surface area contributed by atoms with Crippen LogP contribution in [0.15, 0.2) is 29.2 Å². The SMILES string of the molecule is CC1(n2cc(C=O)c(-c3ccoc3)n2)CCS(=O)(=O)C1. The fourth-order valence-electron chi connectivity index (χ4n) is 2.55. The van der Waals surface area contributed by atoms with Crippen molar-refractivity contribution in [1.82, 2.24) is 9.78 Å². The molecule has 1 aliphatic rings. The van der Waals surface area contributed by atoms with Gasteiger partial charge in [0.25, 0.3) is 0 Å². The molecule has 0 N–H and O–H groups in total. The van der Waals surface area contributed by atoms with Crippen molar-refractivity contribution in [1.29, 1.82) is 0 Å². The predicted octanol–water partition coefficient (Wildman–Crippen LogP) is 1.49. The van der Waals surface area contributed by atoms with Crippen LogP contribution in [0.3, 0.4) is 0 Å². The highest BCUT2D eigenvalue weighted by atomic mass is 32.2. The van der Waals surface area contributed by atoms with Gasteiger partial charge in [-0.15, -0.1) is 0 Å². The lowest BCUT2D eigenvalue weighted by atomic mass is 10.0. The van der Waals surface area contributed by atoms with Crippen LogP contribution in [0.2, 0.25) is 0 Å². The summed E-state index contributed by atoms with van der Waals surface area (Å²) in [5.74, 6) is 0.200. The number of rotatable bonds is 3. The van der Waals surface area contributed by atoms with Gasteiger partial charge < -0.3 is 4.42 Å². The van der Waals surface area contributed by atoms with Gasteiger partial charge in [-0.05, 0) is 19.4 Å². The molecule has 0 amide bonds. The molecule has 6 nitrogen and oxygen atoms in total. The molecule has 1 aliphatic heterocycles. The van der Waals surface area contributed by atoms with Gasteiger partial charge in [-0.1, -0.05) is 0 Å². The summed E-state index contributed by atoms with van der Waals surface area (Å²) >= 11 is 0. The summed E-state index contributed by atoms with van der Waals surface area (Å²) in [5, 5.41) is 4.40. The molecule has 3 rings (SSSR count). The molecule has 1 saturated heterocycles. The lowest BCUT2D eigenvalue weighted by molar-refractivity contribution is 0.112. The molecule has 0 radical (unpaired) electrons. The molecule has 0 aromatic carbocycles. The van der Waals surface area contributed by atoms with Crippen molar-refractivity contribution >= 4 is 16.1 Å². The van der Waals surface area contributed by atoms with E-state index in [0.717, 1.165) is 6.29 Å². The van der Waals surface area contributed by atoms with Gasteiger partial charge in [-0.3, -0.25) is 9.48 Å². The van der Waals surface area contributed by atoms with Gasteiger partial charge in [0, 0.05) is 11.8 Å². The Morgan fingerprint density at radius 3 is 2.85 bits per heavy atom. The van der Waals surface area contributed by atoms with Crippen LogP contribution in [0, 0.1) is 0 Å². The summed E-state index contributed by atoms with van der Waals surface area (Å²) in [6.45, 7) is 1.85. The van der Waals surface area contributed by atoms with E-state index in [9.17, 15) is 13.2 Å². The highest BCUT2D eigenvalue weighted by molar-refractivity contribution is 7.91. The van der Waals surface area contributed by atoms with Crippen molar-refractivity contribution in [3.8, 4) is 11.3 Å². The van der Waals surface area contributed by atoms with Crippen LogP contribution in [0.25, 0.3) is 11.3 Å². The molecule has 7 heteroatoms. The van der Waals surface area contributed by atoms with E-state index >= 15 is 0 Å². The maximum Gasteiger partial charge on any atom is 0.153 e. The van der Waals surface area contributed by atoms with Crippen molar-refractivity contribution in [2.75, 3.05) is 11.5 Å². The van der Waals surface area contributed by atoms with Crippen LogP contribution >= 0.6 is 0 Å². The number of aromatic nitrogens is 2. The molecule has 20 heavy (non-hydrogen) atoms. The van der Waals surface area contributed by atoms with E-state index in [2.05, 4.69) is 5.10 Å². The Labute approximate surface area is 116 Å². The van der Waals surface area contributed by atoms with Gasteiger partial charge in [-0.2, -0.15) is 5.10 Å². The molecule has 3 heterocycles. The molecule has 2 aromatic heterocycles. The van der Waals surface area contributed by atoms with Gasteiger partial charge in [0.2, 0.25) is 0 Å². The van der Waals surface area contributed by atoms with E-state index in [1.165, 1.54) is 12.5 Å². The first kappa shape index (κ1) is 13.1. The van der Waals surface area contributed by atoms with Crippen LogP contribution in [0.4, 0.5) is 0 Å². The Hall–Kier alpha value is -1.89. The van der Waals surface area contributed by atoms with Gasteiger partial charge in [0.05, 0.1) is 35.1 Å². The second-order valence-corrected chi connectivity index (χ2v) is 7.53.